The molecule has 2 nitrogen and oxygen atoms in total. The Kier molecular flexibility index (Phi) is 3.20. The Bertz CT molecular complexity index is 580. The van der Waals surface area contributed by atoms with Gasteiger partial charge in [-0.05, 0) is 50.1 Å². The third-order valence-electron chi connectivity index (χ3n) is 4.15. The number of hydrogen-bond acceptors (Lipinski definition) is 1. The number of rotatable bonds is 1. The highest BCUT2D eigenvalue weighted by Gasteiger charge is 2.22. The number of benzene rings is 1. The van der Waals surface area contributed by atoms with E-state index in [0.717, 1.165) is 11.0 Å². The molecule has 0 aliphatic carbocycles. The summed E-state index contributed by atoms with van der Waals surface area (Å²) in [7, 11) is 2.20. The van der Waals surface area contributed by atoms with Crippen LogP contribution in [0, 0.1) is 6.92 Å². The van der Waals surface area contributed by atoms with E-state index < -0.39 is 0 Å². The standard InChI is InChI=1S/C15H19BrN2/c1-10-13-8-12(16)5-6-14(13)18(2)15(10)11-4-3-7-17-9-11/h5-6,8,11,17H,3-4,7,9H2,1-2H3. The van der Waals surface area contributed by atoms with Crippen LogP contribution in [0.4, 0.5) is 0 Å². The van der Waals surface area contributed by atoms with Gasteiger partial charge in [0.25, 0.3) is 0 Å². The van der Waals surface area contributed by atoms with Crippen LogP contribution in [0.2, 0.25) is 0 Å². The Morgan fingerprint density at radius 2 is 2.22 bits per heavy atom. The second-order valence-corrected chi connectivity index (χ2v) is 6.19. The van der Waals surface area contributed by atoms with Crippen molar-refractivity contribution in [2.24, 2.45) is 7.05 Å². The fourth-order valence-corrected chi connectivity index (χ4v) is 3.65. The predicted molar refractivity (Wildman–Crippen MR) is 80.2 cm³/mol. The van der Waals surface area contributed by atoms with Gasteiger partial charge in [-0.15, -0.1) is 0 Å². The van der Waals surface area contributed by atoms with Crippen LogP contribution < -0.4 is 5.32 Å². The van der Waals surface area contributed by atoms with Crippen molar-refractivity contribution in [1.29, 1.82) is 0 Å². The minimum absolute atomic E-state index is 0.662. The van der Waals surface area contributed by atoms with E-state index in [9.17, 15) is 0 Å². The molecule has 1 aliphatic rings. The molecule has 96 valence electrons. The summed E-state index contributed by atoms with van der Waals surface area (Å²) in [5.41, 5.74) is 4.30. The molecule has 1 aliphatic heterocycles. The molecule has 0 bridgehead atoms. The predicted octanol–water partition coefficient (Wildman–Crippen LogP) is 3.72. The van der Waals surface area contributed by atoms with Gasteiger partial charge in [0, 0.05) is 40.6 Å². The largest absolute Gasteiger partial charge is 0.347 e. The molecular formula is C15H19BrN2. The SMILES string of the molecule is Cc1c(C2CCCNC2)n(C)c2ccc(Br)cc12. The van der Waals surface area contributed by atoms with Crippen LogP contribution in [0.3, 0.4) is 0 Å². The summed E-state index contributed by atoms with van der Waals surface area (Å²) in [5.74, 6) is 0.662. The van der Waals surface area contributed by atoms with E-state index in [0.29, 0.717) is 5.92 Å². The van der Waals surface area contributed by atoms with Gasteiger partial charge in [-0.3, -0.25) is 0 Å². The van der Waals surface area contributed by atoms with E-state index in [-0.39, 0.29) is 0 Å². The van der Waals surface area contributed by atoms with E-state index in [1.165, 1.54) is 41.5 Å². The van der Waals surface area contributed by atoms with Gasteiger partial charge in [0.05, 0.1) is 0 Å². The average molecular weight is 307 g/mol. The van der Waals surface area contributed by atoms with Gasteiger partial charge in [0.2, 0.25) is 0 Å². The summed E-state index contributed by atoms with van der Waals surface area (Å²) < 4.78 is 3.55. The molecule has 0 saturated carbocycles. The Morgan fingerprint density at radius 3 is 2.94 bits per heavy atom. The Balaban J connectivity index is 2.16. The molecule has 3 heteroatoms. The van der Waals surface area contributed by atoms with Crippen LogP contribution >= 0.6 is 15.9 Å². The molecule has 1 N–H and O–H groups in total. The summed E-state index contributed by atoms with van der Waals surface area (Å²) in [6, 6.07) is 6.58. The second-order valence-electron chi connectivity index (χ2n) is 5.27. The van der Waals surface area contributed by atoms with Crippen LogP contribution in [0.25, 0.3) is 10.9 Å². The van der Waals surface area contributed by atoms with Gasteiger partial charge < -0.3 is 9.88 Å². The van der Waals surface area contributed by atoms with E-state index in [2.05, 4.69) is 58.0 Å². The van der Waals surface area contributed by atoms with Crippen molar-refractivity contribution in [3.8, 4) is 0 Å². The maximum absolute atomic E-state index is 3.57. The number of piperidine rings is 1. The molecule has 1 saturated heterocycles. The van der Waals surface area contributed by atoms with E-state index >= 15 is 0 Å². The number of aromatic nitrogens is 1. The molecule has 3 rings (SSSR count). The van der Waals surface area contributed by atoms with Gasteiger partial charge in [0.15, 0.2) is 0 Å². The summed E-state index contributed by atoms with van der Waals surface area (Å²) >= 11 is 3.57. The lowest BCUT2D eigenvalue weighted by molar-refractivity contribution is 0.447. The maximum atomic E-state index is 3.57. The van der Waals surface area contributed by atoms with E-state index in [1.54, 1.807) is 0 Å². The fourth-order valence-electron chi connectivity index (χ4n) is 3.29. The first-order chi connectivity index (χ1) is 8.68. The monoisotopic (exact) mass is 306 g/mol. The zero-order chi connectivity index (χ0) is 12.7. The third-order valence-corrected chi connectivity index (χ3v) is 4.65. The zero-order valence-electron chi connectivity index (χ0n) is 11.0. The average Bonchev–Trinajstić information content (AvgIpc) is 2.63. The third kappa shape index (κ3) is 1.90. The minimum Gasteiger partial charge on any atom is -0.347 e. The molecule has 0 amide bonds. The van der Waals surface area contributed by atoms with Gasteiger partial charge in [0.1, 0.15) is 0 Å². The van der Waals surface area contributed by atoms with Crippen LogP contribution in [0.15, 0.2) is 22.7 Å². The van der Waals surface area contributed by atoms with Crippen molar-refractivity contribution >= 4 is 26.8 Å². The van der Waals surface area contributed by atoms with E-state index in [4.69, 9.17) is 0 Å². The molecular weight excluding hydrogens is 288 g/mol. The Hall–Kier alpha value is -0.800. The van der Waals surface area contributed by atoms with Gasteiger partial charge in [-0.2, -0.15) is 0 Å². The topological polar surface area (TPSA) is 17.0 Å². The first-order valence-corrected chi connectivity index (χ1v) is 7.43. The molecule has 18 heavy (non-hydrogen) atoms. The number of nitrogens with one attached hydrogen (secondary N) is 1. The molecule has 1 aromatic carbocycles. The highest BCUT2D eigenvalue weighted by Crippen LogP contribution is 2.34. The van der Waals surface area contributed by atoms with E-state index in [1.807, 2.05) is 0 Å². The summed E-state index contributed by atoms with van der Waals surface area (Å²) in [6.45, 7) is 4.55. The lowest BCUT2D eigenvalue weighted by Gasteiger charge is -2.24. The first-order valence-electron chi connectivity index (χ1n) is 6.63. The number of nitrogens with zero attached hydrogens (tertiary/aromatic N) is 1. The van der Waals surface area contributed by atoms with Crippen molar-refractivity contribution in [3.63, 3.8) is 0 Å². The van der Waals surface area contributed by atoms with Crippen LogP contribution in [0.1, 0.15) is 30.0 Å². The molecule has 2 heterocycles. The second kappa shape index (κ2) is 4.71. The maximum Gasteiger partial charge on any atom is 0.0483 e. The Morgan fingerprint density at radius 1 is 1.39 bits per heavy atom. The van der Waals surface area contributed by atoms with Crippen molar-refractivity contribution in [2.45, 2.75) is 25.7 Å². The molecule has 0 spiro atoms. The highest BCUT2D eigenvalue weighted by molar-refractivity contribution is 9.10. The molecule has 1 fully saturated rings. The number of halogens is 1. The number of aryl methyl sites for hydroxylation is 2. The molecule has 1 aromatic heterocycles. The Labute approximate surface area is 116 Å². The quantitative estimate of drug-likeness (QED) is 0.850. The minimum atomic E-state index is 0.662. The fraction of sp³-hybridized carbons (Fsp3) is 0.467. The van der Waals surface area contributed by atoms with Crippen LogP contribution in [0.5, 0.6) is 0 Å². The highest BCUT2D eigenvalue weighted by atomic mass is 79.9. The van der Waals surface area contributed by atoms with Crippen molar-refractivity contribution in [3.05, 3.63) is 33.9 Å². The van der Waals surface area contributed by atoms with Crippen molar-refractivity contribution in [1.82, 2.24) is 9.88 Å². The van der Waals surface area contributed by atoms with Crippen molar-refractivity contribution < 1.29 is 0 Å². The molecule has 1 atom stereocenters. The molecule has 2 aromatic rings. The van der Waals surface area contributed by atoms with Gasteiger partial charge >= 0.3 is 0 Å². The van der Waals surface area contributed by atoms with Gasteiger partial charge in [-0.1, -0.05) is 15.9 Å². The summed E-state index contributed by atoms with van der Waals surface area (Å²) in [4.78, 5) is 0. The summed E-state index contributed by atoms with van der Waals surface area (Å²) in [5, 5.41) is 4.90. The smallest absolute Gasteiger partial charge is 0.0483 e. The van der Waals surface area contributed by atoms with Crippen LogP contribution in [-0.4, -0.2) is 17.7 Å². The number of fused-ring (bicyclic) bond motifs is 1. The molecule has 0 radical (unpaired) electrons. The van der Waals surface area contributed by atoms with Crippen LogP contribution in [-0.2, 0) is 7.05 Å². The normalized spacial score (nSPS) is 20.5. The van der Waals surface area contributed by atoms with Crippen molar-refractivity contribution in [2.75, 3.05) is 13.1 Å². The van der Waals surface area contributed by atoms with Gasteiger partial charge in [-0.25, -0.2) is 0 Å². The lowest BCUT2D eigenvalue weighted by atomic mass is 9.93. The first kappa shape index (κ1) is 12.2. The number of hydrogen-bond donors (Lipinski definition) is 1. The lowest BCUT2D eigenvalue weighted by Crippen LogP contribution is -2.29. The molecule has 1 unspecified atom stereocenters. The summed E-state index contributed by atoms with van der Waals surface area (Å²) in [6.07, 6.45) is 2.59. The zero-order valence-corrected chi connectivity index (χ0v) is 12.5.